The number of thiophene rings is 1. The van der Waals surface area contributed by atoms with E-state index in [0.717, 1.165) is 10.9 Å². The first-order valence-corrected chi connectivity index (χ1v) is 7.97. The molecule has 0 aliphatic carbocycles. The predicted molar refractivity (Wildman–Crippen MR) is 88.6 cm³/mol. The summed E-state index contributed by atoms with van der Waals surface area (Å²) in [6.45, 7) is 3.09. The monoisotopic (exact) mass is 308 g/mol. The summed E-state index contributed by atoms with van der Waals surface area (Å²) in [6, 6.07) is 15.3. The van der Waals surface area contributed by atoms with Gasteiger partial charge in [-0.15, -0.1) is 11.3 Å². The molecule has 2 aromatic rings. The van der Waals surface area contributed by atoms with Crippen LogP contribution in [0.25, 0.3) is 0 Å². The molecule has 4 heteroatoms. The Morgan fingerprint density at radius 1 is 1.15 bits per heavy atom. The van der Waals surface area contributed by atoms with Gasteiger partial charge in [0.05, 0.1) is 4.34 Å². The largest absolute Gasteiger partial charge is 0.308 e. The van der Waals surface area contributed by atoms with Crippen LogP contribution in [0.2, 0.25) is 4.34 Å². The SMILES string of the molecule is CC(NCC(c1ccccc1)N(C)C)c1ccc(Cl)s1. The fourth-order valence-corrected chi connectivity index (χ4v) is 3.31. The number of halogens is 1. The second-order valence-corrected chi connectivity index (χ2v) is 6.91. The van der Waals surface area contributed by atoms with Crippen LogP contribution in [-0.2, 0) is 0 Å². The Morgan fingerprint density at radius 3 is 2.40 bits per heavy atom. The molecule has 0 bridgehead atoms. The van der Waals surface area contributed by atoms with Crippen molar-refractivity contribution in [2.24, 2.45) is 0 Å². The van der Waals surface area contributed by atoms with Gasteiger partial charge in [0.1, 0.15) is 0 Å². The molecule has 0 saturated heterocycles. The molecule has 0 radical (unpaired) electrons. The minimum Gasteiger partial charge on any atom is -0.308 e. The number of benzene rings is 1. The van der Waals surface area contributed by atoms with Gasteiger partial charge in [-0.3, -0.25) is 0 Å². The third-order valence-corrected chi connectivity index (χ3v) is 4.86. The molecular formula is C16H21ClN2S. The summed E-state index contributed by atoms with van der Waals surface area (Å²) in [5, 5.41) is 3.60. The van der Waals surface area contributed by atoms with E-state index in [2.05, 4.69) is 67.6 Å². The highest BCUT2D eigenvalue weighted by molar-refractivity contribution is 7.16. The average molecular weight is 309 g/mol. The van der Waals surface area contributed by atoms with Crippen molar-refractivity contribution >= 4 is 22.9 Å². The molecule has 20 heavy (non-hydrogen) atoms. The van der Waals surface area contributed by atoms with Gasteiger partial charge in [0.15, 0.2) is 0 Å². The van der Waals surface area contributed by atoms with E-state index in [4.69, 9.17) is 11.6 Å². The number of nitrogens with zero attached hydrogens (tertiary/aromatic N) is 1. The summed E-state index contributed by atoms with van der Waals surface area (Å²) in [6.07, 6.45) is 0. The third-order valence-electron chi connectivity index (χ3n) is 3.45. The summed E-state index contributed by atoms with van der Waals surface area (Å²) >= 11 is 7.64. The lowest BCUT2D eigenvalue weighted by Gasteiger charge is -2.26. The lowest BCUT2D eigenvalue weighted by Crippen LogP contribution is -2.32. The molecule has 1 aromatic carbocycles. The van der Waals surface area contributed by atoms with E-state index in [1.807, 2.05) is 6.07 Å². The Bertz CT molecular complexity index is 524. The smallest absolute Gasteiger partial charge is 0.0931 e. The van der Waals surface area contributed by atoms with Crippen molar-refractivity contribution in [2.45, 2.75) is 19.0 Å². The molecule has 2 nitrogen and oxygen atoms in total. The number of rotatable bonds is 6. The van der Waals surface area contributed by atoms with Crippen molar-refractivity contribution in [3.05, 3.63) is 57.2 Å². The number of likely N-dealkylation sites (N-methyl/N-ethyl adjacent to an activating group) is 1. The molecule has 2 rings (SSSR count). The summed E-state index contributed by atoms with van der Waals surface area (Å²) in [7, 11) is 4.23. The zero-order chi connectivity index (χ0) is 14.5. The van der Waals surface area contributed by atoms with Crippen molar-refractivity contribution in [2.75, 3.05) is 20.6 Å². The van der Waals surface area contributed by atoms with Gasteiger partial charge in [0, 0.05) is 23.5 Å². The van der Waals surface area contributed by atoms with E-state index in [0.29, 0.717) is 12.1 Å². The van der Waals surface area contributed by atoms with Crippen molar-refractivity contribution in [3.63, 3.8) is 0 Å². The summed E-state index contributed by atoms with van der Waals surface area (Å²) in [5.41, 5.74) is 1.33. The molecule has 1 aromatic heterocycles. The van der Waals surface area contributed by atoms with Crippen LogP contribution in [-0.4, -0.2) is 25.5 Å². The Labute approximate surface area is 130 Å². The summed E-state index contributed by atoms with van der Waals surface area (Å²) in [5.74, 6) is 0. The molecule has 0 aliphatic heterocycles. The molecule has 2 atom stereocenters. The minimum absolute atomic E-state index is 0.318. The molecular weight excluding hydrogens is 288 g/mol. The molecule has 108 valence electrons. The van der Waals surface area contributed by atoms with Crippen LogP contribution >= 0.6 is 22.9 Å². The van der Waals surface area contributed by atoms with Crippen molar-refractivity contribution in [1.29, 1.82) is 0 Å². The molecule has 0 spiro atoms. The fourth-order valence-electron chi connectivity index (χ4n) is 2.22. The van der Waals surface area contributed by atoms with Crippen molar-refractivity contribution in [1.82, 2.24) is 10.2 Å². The first-order chi connectivity index (χ1) is 9.58. The van der Waals surface area contributed by atoms with Gasteiger partial charge in [0.25, 0.3) is 0 Å². The van der Waals surface area contributed by atoms with Crippen LogP contribution in [0.5, 0.6) is 0 Å². The Kier molecular flexibility index (Phi) is 5.61. The molecule has 0 aliphatic rings. The number of hydrogen-bond donors (Lipinski definition) is 1. The quantitative estimate of drug-likeness (QED) is 0.853. The van der Waals surface area contributed by atoms with Gasteiger partial charge < -0.3 is 10.2 Å². The number of nitrogens with one attached hydrogen (secondary N) is 1. The van der Waals surface area contributed by atoms with Crippen molar-refractivity contribution in [3.8, 4) is 0 Å². The van der Waals surface area contributed by atoms with Gasteiger partial charge in [-0.05, 0) is 38.7 Å². The van der Waals surface area contributed by atoms with Crippen molar-refractivity contribution < 1.29 is 0 Å². The molecule has 0 saturated carbocycles. The molecule has 1 N–H and O–H groups in total. The maximum absolute atomic E-state index is 6.00. The third kappa shape index (κ3) is 4.06. The number of hydrogen-bond acceptors (Lipinski definition) is 3. The van der Waals surface area contributed by atoms with E-state index >= 15 is 0 Å². The van der Waals surface area contributed by atoms with Gasteiger partial charge >= 0.3 is 0 Å². The second-order valence-electron chi connectivity index (χ2n) is 5.16. The first kappa shape index (κ1) is 15.5. The highest BCUT2D eigenvalue weighted by Crippen LogP contribution is 2.27. The van der Waals surface area contributed by atoms with Crippen LogP contribution in [0.15, 0.2) is 42.5 Å². The van der Waals surface area contributed by atoms with Crippen LogP contribution in [0.3, 0.4) is 0 Å². The van der Waals surface area contributed by atoms with Gasteiger partial charge in [-0.2, -0.15) is 0 Å². The van der Waals surface area contributed by atoms with E-state index in [-0.39, 0.29) is 0 Å². The zero-order valence-electron chi connectivity index (χ0n) is 12.1. The summed E-state index contributed by atoms with van der Waals surface area (Å²) < 4.78 is 0.848. The van der Waals surface area contributed by atoms with E-state index in [1.165, 1.54) is 10.4 Å². The van der Waals surface area contributed by atoms with Gasteiger partial charge in [0.2, 0.25) is 0 Å². The molecule has 0 amide bonds. The second kappa shape index (κ2) is 7.23. The Hall–Kier alpha value is -0.870. The van der Waals surface area contributed by atoms with E-state index in [1.54, 1.807) is 11.3 Å². The van der Waals surface area contributed by atoms with Gasteiger partial charge in [-0.1, -0.05) is 41.9 Å². The van der Waals surface area contributed by atoms with Crippen LogP contribution < -0.4 is 5.32 Å². The zero-order valence-corrected chi connectivity index (χ0v) is 13.7. The standard InChI is InChI=1S/C16H21ClN2S/c1-12(15-9-10-16(17)20-15)18-11-14(19(2)3)13-7-5-4-6-8-13/h4-10,12,14,18H,11H2,1-3H3. The first-order valence-electron chi connectivity index (χ1n) is 6.78. The van der Waals surface area contributed by atoms with Crippen LogP contribution in [0.1, 0.15) is 29.4 Å². The van der Waals surface area contributed by atoms with E-state index in [9.17, 15) is 0 Å². The lowest BCUT2D eigenvalue weighted by molar-refractivity contribution is 0.282. The lowest BCUT2D eigenvalue weighted by atomic mass is 10.1. The molecule has 2 unspecified atom stereocenters. The highest BCUT2D eigenvalue weighted by Gasteiger charge is 2.15. The maximum Gasteiger partial charge on any atom is 0.0931 e. The summed E-state index contributed by atoms with van der Waals surface area (Å²) in [4.78, 5) is 3.52. The normalized spacial score (nSPS) is 14.4. The predicted octanol–water partition coefficient (Wildman–Crippen LogP) is 4.36. The van der Waals surface area contributed by atoms with Crippen LogP contribution in [0.4, 0.5) is 0 Å². The minimum atomic E-state index is 0.318. The topological polar surface area (TPSA) is 15.3 Å². The molecule has 1 heterocycles. The Balaban J connectivity index is 1.99. The molecule has 0 fully saturated rings. The van der Waals surface area contributed by atoms with Crippen LogP contribution in [0, 0.1) is 0 Å². The fraction of sp³-hybridized carbons (Fsp3) is 0.375. The van der Waals surface area contributed by atoms with E-state index < -0.39 is 0 Å². The van der Waals surface area contributed by atoms with Gasteiger partial charge in [-0.25, -0.2) is 0 Å². The maximum atomic E-state index is 6.00. The highest BCUT2D eigenvalue weighted by atomic mass is 35.5. The average Bonchev–Trinajstić information content (AvgIpc) is 2.86. The Morgan fingerprint density at radius 2 is 1.85 bits per heavy atom.